The van der Waals surface area contributed by atoms with Crippen LogP contribution in [0.5, 0.6) is 0 Å². The van der Waals surface area contributed by atoms with Crippen LogP contribution in [-0.4, -0.2) is 60.5 Å². The summed E-state index contributed by atoms with van der Waals surface area (Å²) in [5.74, 6) is 0.0168. The molecule has 3 aliphatic rings. The van der Waals surface area contributed by atoms with Gasteiger partial charge in [0.15, 0.2) is 0 Å². The number of aliphatic hydroxyl groups excluding tert-OH is 1. The van der Waals surface area contributed by atoms with E-state index in [1.807, 2.05) is 32.3 Å². The molecule has 184 valence electrons. The summed E-state index contributed by atoms with van der Waals surface area (Å²) >= 11 is 1.55. The monoisotopic (exact) mass is 486 g/mol. The summed E-state index contributed by atoms with van der Waals surface area (Å²) in [5, 5.41) is 25.2. The van der Waals surface area contributed by atoms with Gasteiger partial charge in [-0.25, -0.2) is 9.67 Å². The minimum atomic E-state index is -0.738. The summed E-state index contributed by atoms with van der Waals surface area (Å²) in [6.45, 7) is 6.11. The Labute approximate surface area is 203 Å². The first-order valence-corrected chi connectivity index (χ1v) is 13.2. The third-order valence-corrected chi connectivity index (χ3v) is 8.35. The molecule has 3 heterocycles. The Kier molecular flexibility index (Phi) is 6.00. The third kappa shape index (κ3) is 4.37. The number of aliphatic hydroxyl groups is 1. The van der Waals surface area contributed by atoms with Crippen molar-refractivity contribution >= 4 is 23.2 Å². The molecule has 1 aliphatic heterocycles. The van der Waals surface area contributed by atoms with E-state index in [0.717, 1.165) is 49.2 Å². The fourth-order valence-corrected chi connectivity index (χ4v) is 6.33. The number of thiazole rings is 1. The first kappa shape index (κ1) is 23.4. The predicted octanol–water partition coefficient (Wildman–Crippen LogP) is 2.75. The van der Waals surface area contributed by atoms with Crippen molar-refractivity contribution in [2.75, 3.05) is 6.54 Å². The maximum absolute atomic E-state index is 13.9. The molecule has 0 spiro atoms. The summed E-state index contributed by atoms with van der Waals surface area (Å²) in [6.07, 6.45) is 9.07. The smallest absolute Gasteiger partial charge is 0.248 e. The van der Waals surface area contributed by atoms with Crippen LogP contribution < -0.4 is 5.32 Å². The zero-order valence-electron chi connectivity index (χ0n) is 20.1. The molecule has 2 N–H and O–H groups in total. The van der Waals surface area contributed by atoms with E-state index in [1.54, 1.807) is 27.1 Å². The predicted molar refractivity (Wildman–Crippen MR) is 127 cm³/mol. The summed E-state index contributed by atoms with van der Waals surface area (Å²) in [4.78, 5) is 33.6. The van der Waals surface area contributed by atoms with Gasteiger partial charge >= 0.3 is 0 Å². The normalized spacial score (nSPS) is 25.5. The van der Waals surface area contributed by atoms with Gasteiger partial charge in [0.2, 0.25) is 11.8 Å². The second-order valence-corrected chi connectivity index (χ2v) is 12.1. The topological polar surface area (TPSA) is 113 Å². The molecule has 0 bridgehead atoms. The van der Waals surface area contributed by atoms with E-state index in [2.05, 4.69) is 20.6 Å². The first-order valence-electron chi connectivity index (χ1n) is 12.3. The fourth-order valence-electron chi connectivity index (χ4n) is 5.48. The Bertz CT molecular complexity index is 1040. The SMILES string of the molecule is CC(C)(C)[C@@H](C(=O)N1C[C@H](O)C[C@H]1C(=O)NC1(c2nccs2)CCCC1)n1cc(C2CC2)nn1. The number of amides is 2. The molecular weight excluding hydrogens is 452 g/mol. The highest BCUT2D eigenvalue weighted by Crippen LogP contribution is 2.42. The lowest BCUT2D eigenvalue weighted by Crippen LogP contribution is -2.54. The average Bonchev–Trinajstić information content (AvgIpc) is 3.24. The number of hydrogen-bond acceptors (Lipinski definition) is 7. The number of aromatic nitrogens is 4. The van der Waals surface area contributed by atoms with Crippen molar-refractivity contribution in [2.24, 2.45) is 5.41 Å². The van der Waals surface area contributed by atoms with Crippen LogP contribution in [0, 0.1) is 5.41 Å². The van der Waals surface area contributed by atoms with E-state index in [0.29, 0.717) is 5.92 Å². The van der Waals surface area contributed by atoms with Crippen LogP contribution in [0.25, 0.3) is 0 Å². The highest BCUT2D eigenvalue weighted by atomic mass is 32.1. The van der Waals surface area contributed by atoms with E-state index in [9.17, 15) is 14.7 Å². The van der Waals surface area contributed by atoms with Crippen LogP contribution in [-0.2, 0) is 15.1 Å². The molecule has 3 atom stereocenters. The van der Waals surface area contributed by atoms with Gasteiger partial charge in [-0.3, -0.25) is 9.59 Å². The summed E-state index contributed by atoms with van der Waals surface area (Å²) < 4.78 is 1.66. The Morgan fingerprint density at radius 1 is 1.26 bits per heavy atom. The highest BCUT2D eigenvalue weighted by molar-refractivity contribution is 7.09. The van der Waals surface area contributed by atoms with E-state index in [-0.39, 0.29) is 24.8 Å². The van der Waals surface area contributed by atoms with Crippen molar-refractivity contribution in [3.63, 3.8) is 0 Å². The van der Waals surface area contributed by atoms with Crippen molar-refractivity contribution in [3.8, 4) is 0 Å². The van der Waals surface area contributed by atoms with E-state index in [1.165, 1.54) is 0 Å². The molecule has 9 nitrogen and oxygen atoms in total. The van der Waals surface area contributed by atoms with Gasteiger partial charge in [-0.1, -0.05) is 38.8 Å². The van der Waals surface area contributed by atoms with Crippen LogP contribution in [0.1, 0.15) is 88.4 Å². The molecule has 2 amide bonds. The lowest BCUT2D eigenvalue weighted by molar-refractivity contribution is -0.144. The molecule has 34 heavy (non-hydrogen) atoms. The first-order chi connectivity index (χ1) is 16.2. The molecule has 2 aliphatic carbocycles. The zero-order valence-corrected chi connectivity index (χ0v) is 20.9. The number of β-amino-alcohol motifs (C(OH)–C–C–N with tert-alkyl or cyclic N) is 1. The number of nitrogens with one attached hydrogen (secondary N) is 1. The van der Waals surface area contributed by atoms with E-state index >= 15 is 0 Å². The number of likely N-dealkylation sites (tertiary alicyclic amines) is 1. The Hall–Kier alpha value is -2.33. The molecule has 0 unspecified atom stereocenters. The van der Waals surface area contributed by atoms with Crippen molar-refractivity contribution in [1.29, 1.82) is 0 Å². The minimum absolute atomic E-state index is 0.137. The molecule has 0 radical (unpaired) electrons. The number of hydrogen-bond donors (Lipinski definition) is 2. The largest absolute Gasteiger partial charge is 0.391 e. The van der Waals surface area contributed by atoms with Crippen molar-refractivity contribution < 1.29 is 14.7 Å². The van der Waals surface area contributed by atoms with Gasteiger partial charge in [-0.2, -0.15) is 0 Å². The van der Waals surface area contributed by atoms with Crippen molar-refractivity contribution in [2.45, 2.75) is 95.4 Å². The van der Waals surface area contributed by atoms with Gasteiger partial charge < -0.3 is 15.3 Å². The lowest BCUT2D eigenvalue weighted by Gasteiger charge is -2.36. The molecule has 2 aromatic rings. The van der Waals surface area contributed by atoms with Gasteiger partial charge in [-0.05, 0) is 31.1 Å². The standard InChI is InChI=1S/C24H34N6O3S/c1-23(2,3)19(30-14-17(27-28-30)15-6-7-15)21(33)29-13-16(31)12-18(29)20(32)26-24(8-4-5-9-24)22-25-10-11-34-22/h10-11,14-16,18-19,31H,4-9,12-13H2,1-3H3,(H,26,32)/t16-,18+,19-/m1/s1. The van der Waals surface area contributed by atoms with Gasteiger partial charge in [0.05, 0.1) is 17.3 Å². The summed E-state index contributed by atoms with van der Waals surface area (Å²) in [7, 11) is 0. The highest BCUT2D eigenvalue weighted by Gasteiger charge is 2.48. The molecule has 1 saturated heterocycles. The second-order valence-electron chi connectivity index (χ2n) is 11.2. The quantitative estimate of drug-likeness (QED) is 0.649. The molecule has 2 saturated carbocycles. The van der Waals surface area contributed by atoms with Gasteiger partial charge in [0, 0.05) is 36.7 Å². The van der Waals surface area contributed by atoms with Crippen LogP contribution >= 0.6 is 11.3 Å². The van der Waals surface area contributed by atoms with Crippen LogP contribution in [0.2, 0.25) is 0 Å². The Balaban J connectivity index is 1.39. The molecular formula is C24H34N6O3S. The third-order valence-electron chi connectivity index (χ3n) is 7.37. The van der Waals surface area contributed by atoms with Crippen molar-refractivity contribution in [1.82, 2.24) is 30.2 Å². The average molecular weight is 487 g/mol. The zero-order chi connectivity index (χ0) is 24.1. The number of carbonyl (C=O) groups is 2. The maximum atomic E-state index is 13.9. The van der Waals surface area contributed by atoms with E-state index in [4.69, 9.17) is 0 Å². The summed E-state index contributed by atoms with van der Waals surface area (Å²) in [5.41, 5.74) is -0.0140. The molecule has 0 aromatic carbocycles. The van der Waals surface area contributed by atoms with Gasteiger partial charge in [-0.15, -0.1) is 16.4 Å². The number of rotatable bonds is 6. The lowest BCUT2D eigenvalue weighted by atomic mass is 9.85. The second kappa shape index (κ2) is 8.71. The molecule has 10 heteroatoms. The van der Waals surface area contributed by atoms with Crippen LogP contribution in [0.15, 0.2) is 17.8 Å². The molecule has 3 fully saturated rings. The van der Waals surface area contributed by atoms with Crippen LogP contribution in [0.3, 0.4) is 0 Å². The maximum Gasteiger partial charge on any atom is 0.248 e. The van der Waals surface area contributed by atoms with Crippen molar-refractivity contribution in [3.05, 3.63) is 28.5 Å². The Morgan fingerprint density at radius 3 is 2.62 bits per heavy atom. The minimum Gasteiger partial charge on any atom is -0.391 e. The fraction of sp³-hybridized carbons (Fsp3) is 0.708. The van der Waals surface area contributed by atoms with E-state index < -0.39 is 29.1 Å². The Morgan fingerprint density at radius 2 is 2.00 bits per heavy atom. The van der Waals surface area contributed by atoms with Gasteiger partial charge in [0.1, 0.15) is 17.1 Å². The van der Waals surface area contributed by atoms with Gasteiger partial charge in [0.25, 0.3) is 0 Å². The molecule has 2 aromatic heterocycles. The molecule has 5 rings (SSSR count). The number of carbonyl (C=O) groups excluding carboxylic acids is 2. The van der Waals surface area contributed by atoms with Crippen LogP contribution in [0.4, 0.5) is 0 Å². The number of nitrogens with zero attached hydrogens (tertiary/aromatic N) is 5. The summed E-state index contributed by atoms with van der Waals surface area (Å²) in [6, 6.07) is -1.34.